The molecule has 0 saturated carbocycles. The van der Waals surface area contributed by atoms with Crippen molar-refractivity contribution in [1.29, 1.82) is 0 Å². The minimum absolute atomic E-state index is 0.0526. The van der Waals surface area contributed by atoms with Gasteiger partial charge in [-0.3, -0.25) is 4.79 Å². The first-order chi connectivity index (χ1) is 13.2. The molecule has 1 amide bonds. The molecule has 9 heteroatoms. The quantitative estimate of drug-likeness (QED) is 0.508. The molecule has 0 bridgehead atoms. The highest BCUT2D eigenvalue weighted by molar-refractivity contribution is 5.83. The standard InChI is InChI=1S/C18H16FN5O3/c1-26-15-7-8-16(19)13(9-15)10-21-22-17(25)11-27-18-20-12-24(23-18)14-5-3-2-4-6-14/h2-10,12H,11H2,1H3,(H,22,25)/b21-10+. The first-order valence-corrected chi connectivity index (χ1v) is 7.91. The summed E-state index contributed by atoms with van der Waals surface area (Å²) >= 11 is 0. The number of carbonyl (C=O) groups is 1. The van der Waals surface area contributed by atoms with E-state index in [9.17, 15) is 9.18 Å². The maximum atomic E-state index is 13.6. The van der Waals surface area contributed by atoms with Crippen molar-refractivity contribution < 1.29 is 18.7 Å². The van der Waals surface area contributed by atoms with E-state index >= 15 is 0 Å². The molecule has 138 valence electrons. The largest absolute Gasteiger partial charge is 0.497 e. The second-order valence-electron chi connectivity index (χ2n) is 5.28. The SMILES string of the molecule is COc1ccc(F)c(/C=N/NC(=O)COc2ncn(-c3ccccc3)n2)c1. The van der Waals surface area contributed by atoms with Crippen molar-refractivity contribution in [1.82, 2.24) is 20.2 Å². The molecule has 0 saturated heterocycles. The fourth-order valence-corrected chi connectivity index (χ4v) is 2.10. The number of rotatable bonds is 7. The Morgan fingerprint density at radius 2 is 2.11 bits per heavy atom. The molecule has 1 aromatic heterocycles. The zero-order chi connectivity index (χ0) is 19.1. The minimum atomic E-state index is -0.536. The van der Waals surface area contributed by atoms with Gasteiger partial charge in [0.2, 0.25) is 0 Å². The molecule has 2 aromatic carbocycles. The summed E-state index contributed by atoms with van der Waals surface area (Å²) in [6.45, 7) is -0.337. The topological polar surface area (TPSA) is 90.6 Å². The van der Waals surface area contributed by atoms with Gasteiger partial charge in [0.15, 0.2) is 6.61 Å². The molecule has 0 spiro atoms. The van der Waals surface area contributed by atoms with Gasteiger partial charge >= 0.3 is 6.01 Å². The van der Waals surface area contributed by atoms with Crippen LogP contribution in [0.3, 0.4) is 0 Å². The number of benzene rings is 2. The van der Waals surface area contributed by atoms with Gasteiger partial charge in [0.05, 0.1) is 19.0 Å². The third kappa shape index (κ3) is 4.88. The Morgan fingerprint density at radius 3 is 2.89 bits per heavy atom. The number of hydrazone groups is 1. The Labute approximate surface area is 154 Å². The minimum Gasteiger partial charge on any atom is -0.497 e. The van der Waals surface area contributed by atoms with Gasteiger partial charge in [0, 0.05) is 5.56 Å². The number of ether oxygens (including phenoxy) is 2. The predicted molar refractivity (Wildman–Crippen MR) is 95.5 cm³/mol. The molecule has 8 nitrogen and oxygen atoms in total. The summed E-state index contributed by atoms with van der Waals surface area (Å²) in [4.78, 5) is 15.7. The van der Waals surface area contributed by atoms with Crippen molar-refractivity contribution in [2.45, 2.75) is 0 Å². The first-order valence-electron chi connectivity index (χ1n) is 7.91. The van der Waals surface area contributed by atoms with Crippen molar-refractivity contribution in [3.8, 4) is 17.4 Å². The molecule has 0 radical (unpaired) electrons. The lowest BCUT2D eigenvalue weighted by atomic mass is 10.2. The van der Waals surface area contributed by atoms with Crippen molar-refractivity contribution in [2.75, 3.05) is 13.7 Å². The zero-order valence-corrected chi connectivity index (χ0v) is 14.4. The highest BCUT2D eigenvalue weighted by Crippen LogP contribution is 2.14. The van der Waals surface area contributed by atoms with Crippen LogP contribution in [-0.4, -0.2) is 40.6 Å². The van der Waals surface area contributed by atoms with Crippen molar-refractivity contribution in [2.24, 2.45) is 5.10 Å². The number of nitrogens with zero attached hydrogens (tertiary/aromatic N) is 4. The van der Waals surface area contributed by atoms with Crippen LogP contribution in [0.5, 0.6) is 11.8 Å². The first kappa shape index (κ1) is 18.1. The van der Waals surface area contributed by atoms with Crippen LogP contribution in [0, 0.1) is 5.82 Å². The normalized spacial score (nSPS) is 10.7. The number of para-hydroxylation sites is 1. The lowest BCUT2D eigenvalue weighted by Gasteiger charge is -2.02. The summed E-state index contributed by atoms with van der Waals surface area (Å²) in [5.41, 5.74) is 3.23. The van der Waals surface area contributed by atoms with Gasteiger partial charge in [0.1, 0.15) is 17.9 Å². The number of hydrogen-bond donors (Lipinski definition) is 1. The van der Waals surface area contributed by atoms with Gasteiger partial charge in [-0.25, -0.2) is 14.5 Å². The molecule has 0 atom stereocenters. The fourth-order valence-electron chi connectivity index (χ4n) is 2.10. The average Bonchev–Trinajstić information content (AvgIpc) is 3.17. The van der Waals surface area contributed by atoms with Crippen molar-refractivity contribution >= 4 is 12.1 Å². The van der Waals surface area contributed by atoms with Gasteiger partial charge in [-0.15, -0.1) is 5.10 Å². The second-order valence-corrected chi connectivity index (χ2v) is 5.28. The summed E-state index contributed by atoms with van der Waals surface area (Å²) < 4.78 is 25.4. The Kier molecular flexibility index (Phi) is 5.73. The van der Waals surface area contributed by atoms with Gasteiger partial charge in [-0.1, -0.05) is 18.2 Å². The van der Waals surface area contributed by atoms with E-state index < -0.39 is 11.7 Å². The van der Waals surface area contributed by atoms with Gasteiger partial charge < -0.3 is 9.47 Å². The molecular weight excluding hydrogens is 353 g/mol. The molecule has 1 N–H and O–H groups in total. The summed E-state index contributed by atoms with van der Waals surface area (Å²) in [6.07, 6.45) is 2.66. The van der Waals surface area contributed by atoms with Crippen LogP contribution < -0.4 is 14.9 Å². The lowest BCUT2D eigenvalue weighted by Crippen LogP contribution is -2.25. The van der Waals surface area contributed by atoms with E-state index in [0.29, 0.717) is 5.75 Å². The number of carbonyl (C=O) groups excluding carboxylic acids is 1. The predicted octanol–water partition coefficient (Wildman–Crippen LogP) is 1.94. The number of nitrogens with one attached hydrogen (secondary N) is 1. The van der Waals surface area contributed by atoms with Crippen molar-refractivity contribution in [3.63, 3.8) is 0 Å². The van der Waals surface area contributed by atoms with E-state index in [1.807, 2.05) is 30.3 Å². The average molecular weight is 369 g/mol. The van der Waals surface area contributed by atoms with Crippen LogP contribution in [0.2, 0.25) is 0 Å². The van der Waals surface area contributed by atoms with Gasteiger partial charge in [-0.05, 0) is 30.3 Å². The van der Waals surface area contributed by atoms with Crippen LogP contribution in [0.1, 0.15) is 5.56 Å². The van der Waals surface area contributed by atoms with E-state index in [-0.39, 0.29) is 18.2 Å². The van der Waals surface area contributed by atoms with Crippen LogP contribution in [0.4, 0.5) is 4.39 Å². The Hall–Kier alpha value is -3.75. The fraction of sp³-hybridized carbons (Fsp3) is 0.111. The van der Waals surface area contributed by atoms with E-state index in [4.69, 9.17) is 9.47 Å². The smallest absolute Gasteiger partial charge is 0.336 e. The number of halogens is 1. The second kappa shape index (κ2) is 8.56. The Bertz CT molecular complexity index is 943. The monoisotopic (exact) mass is 369 g/mol. The molecule has 3 aromatic rings. The third-order valence-corrected chi connectivity index (χ3v) is 3.42. The number of amides is 1. The maximum Gasteiger partial charge on any atom is 0.336 e. The summed E-state index contributed by atoms with van der Waals surface area (Å²) in [5.74, 6) is -0.543. The molecule has 3 rings (SSSR count). The Balaban J connectivity index is 1.51. The van der Waals surface area contributed by atoms with E-state index in [2.05, 4.69) is 20.6 Å². The molecule has 0 aliphatic heterocycles. The van der Waals surface area contributed by atoms with E-state index in [1.165, 1.54) is 42.5 Å². The zero-order valence-electron chi connectivity index (χ0n) is 14.4. The third-order valence-electron chi connectivity index (χ3n) is 3.42. The summed E-state index contributed by atoms with van der Waals surface area (Å²) in [5, 5.41) is 7.81. The van der Waals surface area contributed by atoms with Crippen LogP contribution in [0.25, 0.3) is 5.69 Å². The van der Waals surface area contributed by atoms with E-state index in [0.717, 1.165) is 5.69 Å². The number of hydrogen-bond acceptors (Lipinski definition) is 6. The lowest BCUT2D eigenvalue weighted by molar-refractivity contribution is -0.123. The highest BCUT2D eigenvalue weighted by Gasteiger charge is 2.07. The highest BCUT2D eigenvalue weighted by atomic mass is 19.1. The molecule has 1 heterocycles. The Morgan fingerprint density at radius 1 is 1.30 bits per heavy atom. The number of methoxy groups -OCH3 is 1. The van der Waals surface area contributed by atoms with Gasteiger partial charge in [0.25, 0.3) is 5.91 Å². The molecule has 27 heavy (non-hydrogen) atoms. The molecular formula is C18H16FN5O3. The van der Waals surface area contributed by atoms with Crippen LogP contribution in [0.15, 0.2) is 60.0 Å². The summed E-state index contributed by atoms with van der Waals surface area (Å²) in [7, 11) is 1.47. The van der Waals surface area contributed by atoms with E-state index in [1.54, 1.807) is 0 Å². The molecule has 0 fully saturated rings. The van der Waals surface area contributed by atoms with Crippen LogP contribution in [-0.2, 0) is 4.79 Å². The summed E-state index contributed by atoms with van der Waals surface area (Å²) in [6, 6.07) is 13.6. The molecule has 0 aliphatic rings. The maximum absolute atomic E-state index is 13.6. The number of aromatic nitrogens is 3. The van der Waals surface area contributed by atoms with Crippen molar-refractivity contribution in [3.05, 3.63) is 66.2 Å². The molecule has 0 aliphatic carbocycles. The van der Waals surface area contributed by atoms with Gasteiger partial charge in [-0.2, -0.15) is 10.1 Å². The van der Waals surface area contributed by atoms with Crippen LogP contribution >= 0.6 is 0 Å². The molecule has 0 unspecified atom stereocenters.